The minimum atomic E-state index is -0.566. The van der Waals surface area contributed by atoms with Gasteiger partial charge in [0.1, 0.15) is 6.33 Å². The Kier molecular flexibility index (Phi) is 4.61. The molecule has 1 aromatic heterocycles. The van der Waals surface area contributed by atoms with Crippen LogP contribution in [0.4, 0.5) is 5.69 Å². The summed E-state index contributed by atoms with van der Waals surface area (Å²) in [6.45, 7) is 0.324. The van der Waals surface area contributed by atoms with Crippen LogP contribution in [0.15, 0.2) is 54.9 Å². The standard InChI is InChI=1S/C19H17N5O3/c25-18(23-10-4-7-14-5-1-2-9-17(14)23)12-27-19(26)15-6-3-8-16(11-15)24-13-20-21-22-24/h1-3,5-6,8-9,11,13H,4,7,10,12H2. The van der Waals surface area contributed by atoms with E-state index < -0.39 is 5.97 Å². The Morgan fingerprint density at radius 3 is 2.85 bits per heavy atom. The molecule has 0 atom stereocenters. The number of fused-ring (bicyclic) bond motifs is 1. The molecule has 0 bridgehead atoms. The van der Waals surface area contributed by atoms with E-state index in [1.54, 1.807) is 29.2 Å². The quantitative estimate of drug-likeness (QED) is 0.657. The predicted octanol–water partition coefficient (Wildman–Crippen LogP) is 1.80. The molecule has 2 heterocycles. The summed E-state index contributed by atoms with van der Waals surface area (Å²) in [5, 5.41) is 10.9. The van der Waals surface area contributed by atoms with E-state index in [1.165, 1.54) is 11.0 Å². The highest BCUT2D eigenvalue weighted by atomic mass is 16.5. The molecule has 4 rings (SSSR count). The van der Waals surface area contributed by atoms with Gasteiger partial charge in [-0.3, -0.25) is 4.79 Å². The number of aryl methyl sites for hydroxylation is 1. The number of nitrogens with zero attached hydrogens (tertiary/aromatic N) is 5. The van der Waals surface area contributed by atoms with Crippen LogP contribution in [0.3, 0.4) is 0 Å². The molecule has 8 nitrogen and oxygen atoms in total. The van der Waals surface area contributed by atoms with Gasteiger partial charge in [0, 0.05) is 12.2 Å². The van der Waals surface area contributed by atoms with E-state index in [9.17, 15) is 9.59 Å². The molecular weight excluding hydrogens is 346 g/mol. The molecule has 27 heavy (non-hydrogen) atoms. The van der Waals surface area contributed by atoms with E-state index in [-0.39, 0.29) is 12.5 Å². The van der Waals surface area contributed by atoms with Crippen LogP contribution >= 0.6 is 0 Å². The summed E-state index contributed by atoms with van der Waals surface area (Å²) in [7, 11) is 0. The third-order valence-electron chi connectivity index (χ3n) is 4.43. The number of benzene rings is 2. The number of hydrogen-bond acceptors (Lipinski definition) is 6. The molecule has 0 radical (unpaired) electrons. The lowest BCUT2D eigenvalue weighted by atomic mass is 10.0. The largest absolute Gasteiger partial charge is 0.452 e. The number of para-hydroxylation sites is 1. The Labute approximate surface area is 155 Å². The van der Waals surface area contributed by atoms with Crippen LogP contribution in [0.25, 0.3) is 5.69 Å². The average Bonchev–Trinajstić information content (AvgIpc) is 3.26. The van der Waals surface area contributed by atoms with Crippen molar-refractivity contribution in [3.8, 4) is 5.69 Å². The molecule has 2 aromatic carbocycles. The van der Waals surface area contributed by atoms with Crippen molar-refractivity contribution in [3.63, 3.8) is 0 Å². The van der Waals surface area contributed by atoms with Crippen molar-refractivity contribution >= 4 is 17.6 Å². The zero-order valence-electron chi connectivity index (χ0n) is 14.5. The summed E-state index contributed by atoms with van der Waals surface area (Å²) in [5.74, 6) is -0.796. The third kappa shape index (κ3) is 3.55. The SMILES string of the molecule is O=C(OCC(=O)N1CCCc2ccccc21)c1cccc(-n2cnnn2)c1. The van der Waals surface area contributed by atoms with Gasteiger partial charge in [0.25, 0.3) is 5.91 Å². The van der Waals surface area contributed by atoms with Gasteiger partial charge >= 0.3 is 5.97 Å². The molecule has 1 amide bonds. The summed E-state index contributed by atoms with van der Waals surface area (Å²) in [6, 6.07) is 14.5. The van der Waals surface area contributed by atoms with E-state index in [1.807, 2.05) is 24.3 Å². The molecule has 0 unspecified atom stereocenters. The molecule has 8 heteroatoms. The highest BCUT2D eigenvalue weighted by molar-refractivity contribution is 5.98. The van der Waals surface area contributed by atoms with Gasteiger partial charge in [-0.05, 0) is 53.1 Å². The number of carbonyl (C=O) groups excluding carboxylic acids is 2. The maximum atomic E-state index is 12.6. The smallest absolute Gasteiger partial charge is 0.338 e. The van der Waals surface area contributed by atoms with Gasteiger partial charge in [-0.1, -0.05) is 24.3 Å². The molecular formula is C19H17N5O3. The first-order chi connectivity index (χ1) is 13.2. The number of amides is 1. The first kappa shape index (κ1) is 16.9. The van der Waals surface area contributed by atoms with Gasteiger partial charge in [-0.15, -0.1) is 5.10 Å². The number of hydrogen-bond donors (Lipinski definition) is 0. The molecule has 0 saturated heterocycles. The summed E-state index contributed by atoms with van der Waals surface area (Å²) in [6.07, 6.45) is 3.27. The van der Waals surface area contributed by atoms with Crippen molar-refractivity contribution in [1.82, 2.24) is 20.2 Å². The fourth-order valence-corrected chi connectivity index (χ4v) is 3.14. The van der Waals surface area contributed by atoms with Crippen LogP contribution in [0.5, 0.6) is 0 Å². The lowest BCUT2D eigenvalue weighted by Crippen LogP contribution is -2.38. The van der Waals surface area contributed by atoms with Crippen molar-refractivity contribution in [2.24, 2.45) is 0 Å². The number of aromatic nitrogens is 4. The van der Waals surface area contributed by atoms with Gasteiger partial charge in [0.15, 0.2) is 6.61 Å². The monoisotopic (exact) mass is 363 g/mol. The Hall–Kier alpha value is -3.55. The molecule has 0 spiro atoms. The number of esters is 1. The van der Waals surface area contributed by atoms with Crippen molar-refractivity contribution in [2.45, 2.75) is 12.8 Å². The van der Waals surface area contributed by atoms with Crippen LogP contribution in [0, 0.1) is 0 Å². The topological polar surface area (TPSA) is 90.2 Å². The number of carbonyl (C=O) groups is 2. The zero-order chi connectivity index (χ0) is 18.6. The number of rotatable bonds is 4. The Balaban J connectivity index is 1.43. The fraction of sp³-hybridized carbons (Fsp3) is 0.211. The Bertz CT molecular complexity index is 971. The second-order valence-corrected chi connectivity index (χ2v) is 6.16. The van der Waals surface area contributed by atoms with Crippen molar-refractivity contribution in [3.05, 3.63) is 66.0 Å². The van der Waals surface area contributed by atoms with Crippen molar-refractivity contribution < 1.29 is 14.3 Å². The van der Waals surface area contributed by atoms with Crippen LogP contribution < -0.4 is 4.90 Å². The normalized spacial score (nSPS) is 13.1. The average molecular weight is 363 g/mol. The minimum absolute atomic E-state index is 0.230. The molecule has 0 aliphatic carbocycles. The van der Waals surface area contributed by atoms with E-state index in [2.05, 4.69) is 15.5 Å². The van der Waals surface area contributed by atoms with Gasteiger partial charge in [-0.25, -0.2) is 9.48 Å². The number of anilines is 1. The summed E-state index contributed by atoms with van der Waals surface area (Å²) in [4.78, 5) is 26.6. The van der Waals surface area contributed by atoms with Gasteiger partial charge < -0.3 is 9.64 Å². The van der Waals surface area contributed by atoms with E-state index in [0.717, 1.165) is 24.1 Å². The van der Waals surface area contributed by atoms with Crippen molar-refractivity contribution in [2.75, 3.05) is 18.1 Å². The van der Waals surface area contributed by atoms with E-state index in [4.69, 9.17) is 4.74 Å². The van der Waals surface area contributed by atoms with Gasteiger partial charge in [0.2, 0.25) is 0 Å². The van der Waals surface area contributed by atoms with E-state index in [0.29, 0.717) is 17.8 Å². The maximum absolute atomic E-state index is 12.6. The molecule has 1 aliphatic heterocycles. The summed E-state index contributed by atoms with van der Waals surface area (Å²) < 4.78 is 6.68. The molecule has 0 saturated carbocycles. The highest BCUT2D eigenvalue weighted by Crippen LogP contribution is 2.26. The Morgan fingerprint density at radius 2 is 2.00 bits per heavy atom. The Morgan fingerprint density at radius 1 is 1.11 bits per heavy atom. The lowest BCUT2D eigenvalue weighted by molar-refractivity contribution is -0.121. The molecule has 0 fully saturated rings. The van der Waals surface area contributed by atoms with Crippen LogP contribution in [0.2, 0.25) is 0 Å². The number of tetrazole rings is 1. The van der Waals surface area contributed by atoms with Crippen LogP contribution in [0.1, 0.15) is 22.3 Å². The summed E-state index contributed by atoms with van der Waals surface area (Å²) in [5.41, 5.74) is 2.99. The fourth-order valence-electron chi connectivity index (χ4n) is 3.14. The second kappa shape index (κ2) is 7.36. The van der Waals surface area contributed by atoms with Crippen LogP contribution in [-0.4, -0.2) is 45.2 Å². The van der Waals surface area contributed by atoms with E-state index >= 15 is 0 Å². The predicted molar refractivity (Wildman–Crippen MR) is 96.6 cm³/mol. The van der Waals surface area contributed by atoms with Crippen molar-refractivity contribution in [1.29, 1.82) is 0 Å². The zero-order valence-corrected chi connectivity index (χ0v) is 14.5. The first-order valence-corrected chi connectivity index (χ1v) is 8.61. The summed E-state index contributed by atoms with van der Waals surface area (Å²) >= 11 is 0. The molecule has 136 valence electrons. The highest BCUT2D eigenvalue weighted by Gasteiger charge is 2.23. The maximum Gasteiger partial charge on any atom is 0.338 e. The minimum Gasteiger partial charge on any atom is -0.452 e. The lowest BCUT2D eigenvalue weighted by Gasteiger charge is -2.29. The number of ether oxygens (including phenoxy) is 1. The molecule has 3 aromatic rings. The third-order valence-corrected chi connectivity index (χ3v) is 4.43. The van der Waals surface area contributed by atoms with Gasteiger partial charge in [0.05, 0.1) is 11.3 Å². The second-order valence-electron chi connectivity index (χ2n) is 6.16. The van der Waals surface area contributed by atoms with Gasteiger partial charge in [-0.2, -0.15) is 0 Å². The molecule has 0 N–H and O–H groups in total. The van der Waals surface area contributed by atoms with Crippen LogP contribution in [-0.2, 0) is 16.0 Å². The first-order valence-electron chi connectivity index (χ1n) is 8.61. The molecule has 1 aliphatic rings.